The van der Waals surface area contributed by atoms with Crippen LogP contribution in [0.4, 0.5) is 0 Å². The summed E-state index contributed by atoms with van der Waals surface area (Å²) in [5.74, 6) is -0.114. The molecular weight excluding hydrogens is 308 g/mol. The maximum atomic E-state index is 12.4. The normalized spacial score (nSPS) is 21.6. The number of benzene rings is 1. The molecule has 0 bridgehead atoms. The molecule has 1 unspecified atom stereocenters. The van der Waals surface area contributed by atoms with Gasteiger partial charge < -0.3 is 10.1 Å². The van der Waals surface area contributed by atoms with Gasteiger partial charge >= 0.3 is 0 Å². The van der Waals surface area contributed by atoms with Gasteiger partial charge in [-0.25, -0.2) is 4.68 Å². The number of amides is 1. The molecule has 2 aliphatic rings. The lowest BCUT2D eigenvalue weighted by Gasteiger charge is -2.33. The molecule has 2 aromatic rings. The van der Waals surface area contributed by atoms with Crippen molar-refractivity contribution in [1.29, 1.82) is 0 Å². The molecule has 2 fully saturated rings. The van der Waals surface area contributed by atoms with E-state index in [-0.39, 0.29) is 12.0 Å². The van der Waals surface area contributed by atoms with Crippen LogP contribution in [-0.4, -0.2) is 69.4 Å². The van der Waals surface area contributed by atoms with Crippen molar-refractivity contribution in [3.8, 4) is 5.69 Å². The number of hydrogen-bond donors (Lipinski definition) is 1. The number of nitrogens with zero attached hydrogens (tertiary/aromatic N) is 5. The fraction of sp³-hybridized carbons (Fsp3) is 0.500. The molecule has 1 saturated carbocycles. The van der Waals surface area contributed by atoms with E-state index < -0.39 is 0 Å². The van der Waals surface area contributed by atoms with Crippen LogP contribution < -0.4 is 5.32 Å². The summed E-state index contributed by atoms with van der Waals surface area (Å²) in [7, 11) is 0. The Bertz CT molecular complexity index is 700. The largest absolute Gasteiger partial charge is 0.374 e. The fourth-order valence-corrected chi connectivity index (χ4v) is 3.01. The summed E-state index contributed by atoms with van der Waals surface area (Å²) in [6.07, 6.45) is 4.15. The Labute approximate surface area is 139 Å². The molecule has 1 atom stereocenters. The first kappa shape index (κ1) is 15.2. The number of ether oxygens (including phenoxy) is 1. The summed E-state index contributed by atoms with van der Waals surface area (Å²) >= 11 is 0. The third-order valence-electron chi connectivity index (χ3n) is 4.45. The van der Waals surface area contributed by atoms with Gasteiger partial charge in [-0.15, -0.1) is 5.10 Å². The Kier molecular flexibility index (Phi) is 4.22. The van der Waals surface area contributed by atoms with Gasteiger partial charge in [-0.05, 0) is 41.5 Å². The van der Waals surface area contributed by atoms with E-state index in [0.29, 0.717) is 12.1 Å². The van der Waals surface area contributed by atoms with Crippen molar-refractivity contribution < 1.29 is 9.53 Å². The fourth-order valence-electron chi connectivity index (χ4n) is 3.01. The number of nitrogens with one attached hydrogen (secondary N) is 1. The maximum Gasteiger partial charge on any atom is 0.251 e. The van der Waals surface area contributed by atoms with Crippen LogP contribution in [0, 0.1) is 0 Å². The highest BCUT2D eigenvalue weighted by Gasteiger charge is 2.32. The first-order chi connectivity index (χ1) is 11.8. The first-order valence-corrected chi connectivity index (χ1v) is 8.27. The zero-order chi connectivity index (χ0) is 16.4. The number of aromatic nitrogens is 4. The van der Waals surface area contributed by atoms with Gasteiger partial charge in [-0.1, -0.05) is 6.07 Å². The minimum absolute atomic E-state index is 0.0611. The summed E-state index contributed by atoms with van der Waals surface area (Å²) in [5.41, 5.74) is 1.33. The lowest BCUT2D eigenvalue weighted by Crippen LogP contribution is -2.48. The molecule has 8 nitrogen and oxygen atoms in total. The average Bonchev–Trinajstić information content (AvgIpc) is 3.34. The van der Waals surface area contributed by atoms with Gasteiger partial charge in [0, 0.05) is 31.2 Å². The van der Waals surface area contributed by atoms with Crippen molar-refractivity contribution in [2.45, 2.75) is 25.0 Å². The molecule has 2 heterocycles. The Hall–Kier alpha value is -2.32. The summed E-state index contributed by atoms with van der Waals surface area (Å²) in [6, 6.07) is 7.95. The number of hydrogen-bond acceptors (Lipinski definition) is 6. The summed E-state index contributed by atoms with van der Waals surface area (Å²) in [6.45, 7) is 3.17. The zero-order valence-corrected chi connectivity index (χ0v) is 13.3. The minimum Gasteiger partial charge on any atom is -0.374 e. The Morgan fingerprint density at radius 1 is 1.38 bits per heavy atom. The highest BCUT2D eigenvalue weighted by atomic mass is 16.5. The number of carbonyl (C=O) groups is 1. The highest BCUT2D eigenvalue weighted by Crippen LogP contribution is 2.28. The molecule has 0 spiro atoms. The van der Waals surface area contributed by atoms with Crippen molar-refractivity contribution in [2.75, 3.05) is 26.2 Å². The standard InChI is InChI=1S/C16H20N6O2/c23-16(12-2-1-3-14(8-12)22-11-18-19-20-22)17-9-15-10-21(6-7-24-15)13-4-5-13/h1-3,8,11,13,15H,4-7,9-10H2,(H,17,23). The second-order valence-corrected chi connectivity index (χ2v) is 6.23. The van der Waals surface area contributed by atoms with Crippen molar-refractivity contribution >= 4 is 5.91 Å². The van der Waals surface area contributed by atoms with Gasteiger partial charge in [0.2, 0.25) is 0 Å². The lowest BCUT2D eigenvalue weighted by atomic mass is 10.2. The smallest absolute Gasteiger partial charge is 0.251 e. The predicted molar refractivity (Wildman–Crippen MR) is 85.8 cm³/mol. The molecule has 0 radical (unpaired) electrons. The van der Waals surface area contributed by atoms with E-state index in [1.54, 1.807) is 12.1 Å². The third kappa shape index (κ3) is 3.44. The third-order valence-corrected chi connectivity index (χ3v) is 4.45. The van der Waals surface area contributed by atoms with Crippen LogP contribution in [0.2, 0.25) is 0 Å². The second-order valence-electron chi connectivity index (χ2n) is 6.23. The van der Waals surface area contributed by atoms with E-state index in [1.807, 2.05) is 12.1 Å². The van der Waals surface area contributed by atoms with E-state index in [9.17, 15) is 4.79 Å². The van der Waals surface area contributed by atoms with E-state index in [2.05, 4.69) is 25.7 Å². The van der Waals surface area contributed by atoms with Crippen LogP contribution in [0.3, 0.4) is 0 Å². The quantitative estimate of drug-likeness (QED) is 0.847. The van der Waals surface area contributed by atoms with E-state index in [4.69, 9.17) is 4.74 Å². The SMILES string of the molecule is O=C(NCC1CN(C2CC2)CCO1)c1cccc(-n2cnnn2)c1. The molecule has 126 valence electrons. The molecule has 1 N–H and O–H groups in total. The molecule has 1 aromatic carbocycles. The van der Waals surface area contributed by atoms with Crippen LogP contribution in [-0.2, 0) is 4.74 Å². The summed E-state index contributed by atoms with van der Waals surface area (Å²) < 4.78 is 7.29. The number of rotatable bonds is 5. The minimum atomic E-state index is -0.114. The Balaban J connectivity index is 1.35. The van der Waals surface area contributed by atoms with Crippen LogP contribution in [0.5, 0.6) is 0 Å². The first-order valence-electron chi connectivity index (χ1n) is 8.27. The van der Waals surface area contributed by atoms with Crippen LogP contribution in [0.25, 0.3) is 5.69 Å². The Morgan fingerprint density at radius 2 is 2.29 bits per heavy atom. The molecule has 1 saturated heterocycles. The molecule has 24 heavy (non-hydrogen) atoms. The number of tetrazole rings is 1. The van der Waals surface area contributed by atoms with Gasteiger partial charge in [-0.3, -0.25) is 9.69 Å². The summed E-state index contributed by atoms with van der Waals surface area (Å²) in [5, 5.41) is 14.0. The second kappa shape index (κ2) is 6.66. The van der Waals surface area contributed by atoms with E-state index in [0.717, 1.165) is 31.4 Å². The van der Waals surface area contributed by atoms with Crippen LogP contribution >= 0.6 is 0 Å². The predicted octanol–water partition coefficient (Wildman–Crippen LogP) is 0.255. The number of carbonyl (C=O) groups excluding carboxylic acids is 1. The monoisotopic (exact) mass is 328 g/mol. The molecule has 1 aromatic heterocycles. The van der Waals surface area contributed by atoms with Crippen molar-refractivity contribution in [2.24, 2.45) is 0 Å². The number of morpholine rings is 1. The Morgan fingerprint density at radius 3 is 3.08 bits per heavy atom. The molecule has 1 amide bonds. The van der Waals surface area contributed by atoms with Gasteiger partial charge in [0.25, 0.3) is 5.91 Å². The van der Waals surface area contributed by atoms with Crippen molar-refractivity contribution in [3.63, 3.8) is 0 Å². The lowest BCUT2D eigenvalue weighted by molar-refractivity contribution is -0.0293. The zero-order valence-electron chi connectivity index (χ0n) is 13.3. The highest BCUT2D eigenvalue weighted by molar-refractivity contribution is 5.94. The maximum absolute atomic E-state index is 12.4. The van der Waals surface area contributed by atoms with Gasteiger partial charge in [-0.2, -0.15) is 0 Å². The van der Waals surface area contributed by atoms with E-state index >= 15 is 0 Å². The topological polar surface area (TPSA) is 85.2 Å². The van der Waals surface area contributed by atoms with Gasteiger partial charge in [0.15, 0.2) is 0 Å². The molecular formula is C16H20N6O2. The van der Waals surface area contributed by atoms with Crippen molar-refractivity contribution in [3.05, 3.63) is 36.2 Å². The van der Waals surface area contributed by atoms with Crippen molar-refractivity contribution in [1.82, 2.24) is 30.4 Å². The van der Waals surface area contributed by atoms with E-state index in [1.165, 1.54) is 23.9 Å². The van der Waals surface area contributed by atoms with Gasteiger partial charge in [0.1, 0.15) is 6.33 Å². The molecule has 1 aliphatic heterocycles. The van der Waals surface area contributed by atoms with Crippen LogP contribution in [0.15, 0.2) is 30.6 Å². The molecule has 8 heteroatoms. The average molecular weight is 328 g/mol. The van der Waals surface area contributed by atoms with Crippen LogP contribution in [0.1, 0.15) is 23.2 Å². The summed E-state index contributed by atoms with van der Waals surface area (Å²) in [4.78, 5) is 14.9. The van der Waals surface area contributed by atoms with Gasteiger partial charge in [0.05, 0.1) is 18.4 Å². The molecule has 1 aliphatic carbocycles. The molecule has 4 rings (SSSR count).